The van der Waals surface area contributed by atoms with E-state index in [0.29, 0.717) is 0 Å². The van der Waals surface area contributed by atoms with Crippen LogP contribution in [0.15, 0.2) is 0 Å². The lowest BCUT2D eigenvalue weighted by Crippen LogP contribution is -2.54. The minimum absolute atomic E-state index is 0.0156. The van der Waals surface area contributed by atoms with Gasteiger partial charge in [0.1, 0.15) is 18.3 Å². The van der Waals surface area contributed by atoms with Crippen molar-refractivity contribution >= 4 is 91.6 Å². The number of carboxylic acid groups (broad SMARTS) is 1. The third-order valence-electron chi connectivity index (χ3n) is 3.25. The number of esters is 3. The van der Waals surface area contributed by atoms with Gasteiger partial charge in [0, 0.05) is 12.8 Å². The van der Waals surface area contributed by atoms with Crippen LogP contribution in [0.5, 0.6) is 0 Å². The fourth-order valence-electron chi connectivity index (χ4n) is 2.41. The van der Waals surface area contributed by atoms with Crippen molar-refractivity contribution in [2.75, 3.05) is 13.3 Å². The summed E-state index contributed by atoms with van der Waals surface area (Å²) in [6.07, 6.45) is -2.86. The van der Waals surface area contributed by atoms with Crippen LogP contribution in [-0.2, 0) is 33.4 Å². The van der Waals surface area contributed by atoms with E-state index in [4.69, 9.17) is 14.2 Å². The summed E-state index contributed by atoms with van der Waals surface area (Å²) in [4.78, 5) is 46.1. The van der Waals surface area contributed by atoms with E-state index < -0.39 is 48.1 Å². The van der Waals surface area contributed by atoms with Gasteiger partial charge >= 0.3 is 17.9 Å². The Labute approximate surface area is 179 Å². The second kappa shape index (κ2) is 10.9. The molecule has 2 atom stereocenters. The summed E-state index contributed by atoms with van der Waals surface area (Å²) in [5.41, 5.74) is 0. The number of rotatable bonds is 7. The first-order chi connectivity index (χ1) is 11.3. The number of carbonyl (C=O) groups is 4. The van der Waals surface area contributed by atoms with Crippen molar-refractivity contribution in [3.05, 3.63) is 0 Å². The standard InChI is InChI=1S/C13H15I3O8/c14-3-9(17)22-6-1-7(23-10(18)4-15)12(13(20)21)8(2-6)24-11(19)5-16/h6-8,12H,1-5H2,(H,20,21)/p-1. The van der Waals surface area contributed by atoms with Crippen LogP contribution >= 0.6 is 67.8 Å². The number of carbonyl (C=O) groups excluding carboxylic acids is 4. The van der Waals surface area contributed by atoms with Gasteiger partial charge in [-0.1, -0.05) is 67.8 Å². The van der Waals surface area contributed by atoms with Gasteiger partial charge in [-0.25, -0.2) is 0 Å². The molecule has 0 bridgehead atoms. The van der Waals surface area contributed by atoms with Crippen molar-refractivity contribution in [2.45, 2.75) is 31.2 Å². The first kappa shape index (κ1) is 22.1. The minimum Gasteiger partial charge on any atom is -0.550 e. The van der Waals surface area contributed by atoms with Crippen LogP contribution in [0.1, 0.15) is 12.8 Å². The predicted molar refractivity (Wildman–Crippen MR) is 104 cm³/mol. The van der Waals surface area contributed by atoms with Gasteiger partial charge in [-0.2, -0.15) is 0 Å². The van der Waals surface area contributed by atoms with Crippen molar-refractivity contribution in [1.82, 2.24) is 0 Å². The molecule has 0 aromatic carbocycles. The van der Waals surface area contributed by atoms with Crippen LogP contribution in [0.25, 0.3) is 0 Å². The third kappa shape index (κ3) is 6.76. The molecule has 0 spiro atoms. The van der Waals surface area contributed by atoms with E-state index in [9.17, 15) is 24.3 Å². The molecule has 0 N–H and O–H groups in total. The highest BCUT2D eigenvalue weighted by Gasteiger charge is 2.44. The Kier molecular flexibility index (Phi) is 10.1. The summed E-state index contributed by atoms with van der Waals surface area (Å²) in [6.45, 7) is 0. The van der Waals surface area contributed by atoms with Gasteiger partial charge in [0.15, 0.2) is 0 Å². The van der Waals surface area contributed by atoms with Crippen molar-refractivity contribution in [3.8, 4) is 0 Å². The molecule has 0 aromatic rings. The Morgan fingerprint density at radius 3 is 1.50 bits per heavy atom. The second-order valence-electron chi connectivity index (χ2n) is 4.89. The summed E-state index contributed by atoms with van der Waals surface area (Å²) in [5, 5.41) is 11.5. The zero-order chi connectivity index (χ0) is 18.3. The smallest absolute Gasteiger partial charge is 0.316 e. The predicted octanol–water partition coefficient (Wildman–Crippen LogP) is 0.187. The van der Waals surface area contributed by atoms with Crippen LogP contribution in [-0.4, -0.2) is 55.5 Å². The molecular weight excluding hydrogens is 665 g/mol. The molecule has 0 aromatic heterocycles. The van der Waals surface area contributed by atoms with Gasteiger partial charge in [-0.05, 0) is 0 Å². The largest absolute Gasteiger partial charge is 0.550 e. The molecule has 8 nitrogen and oxygen atoms in total. The van der Waals surface area contributed by atoms with Crippen molar-refractivity contribution < 1.29 is 38.5 Å². The number of alkyl halides is 3. The summed E-state index contributed by atoms with van der Waals surface area (Å²) < 4.78 is 15.7. The summed E-state index contributed by atoms with van der Waals surface area (Å²) >= 11 is 5.41. The Balaban J connectivity index is 3.01. The van der Waals surface area contributed by atoms with Crippen molar-refractivity contribution in [1.29, 1.82) is 0 Å². The molecule has 0 radical (unpaired) electrons. The molecular formula is C13H14I3O8-. The number of hydrogen-bond donors (Lipinski definition) is 0. The summed E-state index contributed by atoms with van der Waals surface area (Å²) in [6, 6.07) is 0. The van der Waals surface area contributed by atoms with Gasteiger partial charge in [-0.15, -0.1) is 0 Å². The first-order valence-corrected chi connectivity index (χ1v) is 11.4. The number of halogens is 3. The van der Waals surface area contributed by atoms with Crippen LogP contribution < -0.4 is 5.11 Å². The van der Waals surface area contributed by atoms with Gasteiger partial charge in [0.25, 0.3) is 0 Å². The van der Waals surface area contributed by atoms with Crippen LogP contribution in [0.4, 0.5) is 0 Å². The van der Waals surface area contributed by atoms with Gasteiger partial charge in [0.2, 0.25) is 0 Å². The van der Waals surface area contributed by atoms with E-state index in [1.807, 2.05) is 22.6 Å². The maximum absolute atomic E-state index is 11.6. The normalized spacial score (nSPS) is 26.3. The molecule has 0 saturated heterocycles. The van der Waals surface area contributed by atoms with Gasteiger partial charge in [-0.3, -0.25) is 14.4 Å². The van der Waals surface area contributed by atoms with E-state index in [0.717, 1.165) is 0 Å². The molecule has 0 aliphatic heterocycles. The van der Waals surface area contributed by atoms with E-state index in [-0.39, 0.29) is 26.1 Å². The maximum Gasteiger partial charge on any atom is 0.316 e. The highest BCUT2D eigenvalue weighted by atomic mass is 127. The van der Waals surface area contributed by atoms with E-state index in [1.165, 1.54) is 0 Å². The third-order valence-corrected chi connectivity index (χ3v) is 5.12. The van der Waals surface area contributed by atoms with E-state index >= 15 is 0 Å². The van der Waals surface area contributed by atoms with E-state index in [2.05, 4.69) is 0 Å². The van der Waals surface area contributed by atoms with Crippen molar-refractivity contribution in [2.24, 2.45) is 5.92 Å². The highest BCUT2D eigenvalue weighted by molar-refractivity contribution is 14.1. The molecule has 0 amide bonds. The topological polar surface area (TPSA) is 119 Å². The maximum atomic E-state index is 11.6. The Hall–Kier alpha value is 0.0700. The number of aliphatic carboxylic acids is 1. The molecule has 136 valence electrons. The fourth-order valence-corrected chi connectivity index (χ4v) is 2.95. The molecule has 1 saturated carbocycles. The van der Waals surface area contributed by atoms with Crippen LogP contribution in [0.3, 0.4) is 0 Å². The molecule has 1 aliphatic carbocycles. The Bertz CT molecular complexity index is 470. The zero-order valence-electron chi connectivity index (χ0n) is 12.2. The molecule has 1 aliphatic rings. The molecule has 2 unspecified atom stereocenters. The molecule has 1 rings (SSSR count). The molecule has 1 fully saturated rings. The second-order valence-corrected chi connectivity index (χ2v) is 7.17. The quantitative estimate of drug-likeness (QED) is 0.162. The molecule has 24 heavy (non-hydrogen) atoms. The van der Waals surface area contributed by atoms with Crippen LogP contribution in [0, 0.1) is 5.92 Å². The Morgan fingerprint density at radius 1 is 0.792 bits per heavy atom. The van der Waals surface area contributed by atoms with Gasteiger partial charge in [0.05, 0.1) is 25.2 Å². The summed E-state index contributed by atoms with van der Waals surface area (Å²) in [5.74, 6) is -4.48. The lowest BCUT2D eigenvalue weighted by molar-refractivity contribution is -0.319. The molecule has 11 heteroatoms. The minimum atomic E-state index is -1.48. The van der Waals surface area contributed by atoms with Crippen LogP contribution in [0.2, 0.25) is 0 Å². The number of ether oxygens (including phenoxy) is 3. The molecule has 0 heterocycles. The number of carboxylic acids is 1. The monoisotopic (exact) mass is 679 g/mol. The SMILES string of the molecule is O=C(CI)OC1CC(OC(=O)CI)C(C(=O)[O-])C(OC(=O)CI)C1. The zero-order valence-corrected chi connectivity index (χ0v) is 18.7. The average Bonchev–Trinajstić information content (AvgIpc) is 2.53. The highest BCUT2D eigenvalue weighted by Crippen LogP contribution is 2.32. The van der Waals surface area contributed by atoms with Gasteiger partial charge < -0.3 is 24.1 Å². The Morgan fingerprint density at radius 2 is 1.17 bits per heavy atom. The lowest BCUT2D eigenvalue weighted by atomic mass is 9.82. The first-order valence-electron chi connectivity index (χ1n) is 6.79. The summed E-state index contributed by atoms with van der Waals surface area (Å²) in [7, 11) is 0. The average molecular weight is 679 g/mol. The van der Waals surface area contributed by atoms with E-state index in [1.54, 1.807) is 45.2 Å². The number of hydrogen-bond acceptors (Lipinski definition) is 8. The fraction of sp³-hybridized carbons (Fsp3) is 0.692. The van der Waals surface area contributed by atoms with Crippen molar-refractivity contribution in [3.63, 3.8) is 0 Å². The lowest BCUT2D eigenvalue weighted by Gasteiger charge is -2.40.